The molecular formula is C30H27N9O3S2. The second kappa shape index (κ2) is 11.2. The Morgan fingerprint density at radius 1 is 1.11 bits per heavy atom. The molecule has 6 rings (SSSR count). The van der Waals surface area contributed by atoms with Crippen LogP contribution in [0.25, 0.3) is 11.7 Å². The number of hydrogen-bond acceptors (Lipinski definition) is 8. The number of amides is 1. The van der Waals surface area contributed by atoms with Crippen LogP contribution >= 0.6 is 12.6 Å². The van der Waals surface area contributed by atoms with Crippen molar-refractivity contribution in [1.82, 2.24) is 24.4 Å². The standard InChI is InChI=1S/C30H27N9O3S2/c1-19(39(44(32,41)42)29-26(27(31)40)28-33-14-7-15-37(28)35-29)24-16-22-9-6-8-21(13-12-20-17-34-36(2)18-20)25(22)30(43)38(24)23-10-4-3-5-11-23/h3-11,14-19,30,43H,1-2H3,(H2,31,40)(H2,32,41,42)/t19-,30-/m1/s1. The van der Waals surface area contributed by atoms with E-state index < -0.39 is 27.5 Å². The van der Waals surface area contributed by atoms with Gasteiger partial charge in [-0.05, 0) is 42.8 Å². The Balaban J connectivity index is 1.55. The predicted molar refractivity (Wildman–Crippen MR) is 171 cm³/mol. The summed E-state index contributed by atoms with van der Waals surface area (Å²) in [6.45, 7) is 1.66. The number of fused-ring (bicyclic) bond motifs is 2. The zero-order chi connectivity index (χ0) is 31.2. The average Bonchev–Trinajstić information content (AvgIpc) is 3.58. The zero-order valence-corrected chi connectivity index (χ0v) is 25.3. The second-order valence-corrected chi connectivity index (χ2v) is 12.0. The minimum absolute atomic E-state index is 0.0997. The predicted octanol–water partition coefficient (Wildman–Crippen LogP) is 2.85. The molecule has 4 heterocycles. The minimum atomic E-state index is -4.52. The molecule has 0 fully saturated rings. The van der Waals surface area contributed by atoms with Crippen molar-refractivity contribution in [1.29, 1.82) is 0 Å². The van der Waals surface area contributed by atoms with Gasteiger partial charge in [-0.2, -0.15) is 13.5 Å². The molecule has 3 aromatic heterocycles. The fraction of sp³-hybridized carbons (Fsp3) is 0.133. The third-order valence-electron chi connectivity index (χ3n) is 7.19. The van der Waals surface area contributed by atoms with E-state index in [1.807, 2.05) is 72.8 Å². The third-order valence-corrected chi connectivity index (χ3v) is 8.72. The number of hydrogen-bond donors (Lipinski definition) is 3. The van der Waals surface area contributed by atoms with Gasteiger partial charge < -0.3 is 10.6 Å². The van der Waals surface area contributed by atoms with Crippen molar-refractivity contribution < 1.29 is 13.2 Å². The average molecular weight is 626 g/mol. The van der Waals surface area contributed by atoms with Crippen LogP contribution in [0.5, 0.6) is 0 Å². The fourth-order valence-corrected chi connectivity index (χ4v) is 6.80. The lowest BCUT2D eigenvalue weighted by atomic mass is 9.93. The first-order chi connectivity index (χ1) is 21.0. The number of para-hydroxylation sites is 1. The zero-order valence-electron chi connectivity index (χ0n) is 23.6. The van der Waals surface area contributed by atoms with Crippen molar-refractivity contribution >= 4 is 52.0 Å². The van der Waals surface area contributed by atoms with E-state index >= 15 is 0 Å². The summed E-state index contributed by atoms with van der Waals surface area (Å²) in [5, 5.41) is 13.8. The van der Waals surface area contributed by atoms with Gasteiger partial charge in [0.1, 0.15) is 10.9 Å². The van der Waals surface area contributed by atoms with Crippen LogP contribution in [-0.4, -0.2) is 44.7 Å². The molecule has 2 atom stereocenters. The Labute approximate surface area is 259 Å². The molecule has 14 heteroatoms. The summed E-state index contributed by atoms with van der Waals surface area (Å²) < 4.78 is 30.5. The van der Waals surface area contributed by atoms with Gasteiger partial charge in [0.25, 0.3) is 5.91 Å². The number of aromatic nitrogens is 5. The third kappa shape index (κ3) is 5.17. The Hall–Kier alpha value is -5.10. The fourth-order valence-electron chi connectivity index (χ4n) is 5.33. The van der Waals surface area contributed by atoms with E-state index in [1.165, 1.54) is 16.9 Å². The maximum absolute atomic E-state index is 13.3. The molecule has 0 spiro atoms. The highest BCUT2D eigenvalue weighted by Crippen LogP contribution is 2.44. The van der Waals surface area contributed by atoms with Crippen LogP contribution in [0, 0.1) is 11.8 Å². The number of carbonyl (C=O) groups is 1. The van der Waals surface area contributed by atoms with E-state index in [1.54, 1.807) is 23.9 Å². The number of aryl methyl sites for hydroxylation is 1. The molecule has 0 unspecified atom stereocenters. The van der Waals surface area contributed by atoms with Crippen molar-refractivity contribution in [3.63, 3.8) is 0 Å². The molecule has 1 aliphatic rings. The summed E-state index contributed by atoms with van der Waals surface area (Å²) in [6, 6.07) is 15.7. The molecule has 12 nitrogen and oxygen atoms in total. The van der Waals surface area contributed by atoms with Crippen LogP contribution < -0.4 is 20.1 Å². The van der Waals surface area contributed by atoms with Crippen molar-refractivity contribution in [2.45, 2.75) is 18.3 Å². The van der Waals surface area contributed by atoms with E-state index in [9.17, 15) is 13.2 Å². The number of nitrogens with zero attached hydrogens (tertiary/aromatic N) is 7. The monoisotopic (exact) mass is 625 g/mol. The lowest BCUT2D eigenvalue weighted by molar-refractivity contribution is 0.100. The lowest BCUT2D eigenvalue weighted by Gasteiger charge is -2.42. The van der Waals surface area contributed by atoms with Crippen LogP contribution in [0.3, 0.4) is 0 Å². The number of primary amides is 1. The number of nitrogens with two attached hydrogens (primary N) is 2. The van der Waals surface area contributed by atoms with Crippen LogP contribution in [0.4, 0.5) is 11.5 Å². The summed E-state index contributed by atoms with van der Waals surface area (Å²) in [4.78, 5) is 18.7. The molecule has 0 saturated carbocycles. The van der Waals surface area contributed by atoms with Crippen molar-refractivity contribution in [3.05, 3.63) is 113 Å². The molecule has 1 aliphatic heterocycles. The normalized spacial score (nSPS) is 15.2. The summed E-state index contributed by atoms with van der Waals surface area (Å²) in [5.41, 5.74) is 10.1. The van der Waals surface area contributed by atoms with E-state index in [-0.39, 0.29) is 17.0 Å². The van der Waals surface area contributed by atoms with E-state index in [2.05, 4.69) is 27.0 Å². The molecule has 2 aromatic carbocycles. The van der Waals surface area contributed by atoms with Crippen LogP contribution in [0.2, 0.25) is 0 Å². The summed E-state index contributed by atoms with van der Waals surface area (Å²) in [7, 11) is -2.69. The number of anilines is 2. The SMILES string of the molecule is C[C@H](C1=Cc2cccc(C#Cc3cnn(C)c3)c2[C@@H](S)N1c1ccccc1)N(c1nn2cccnc2c1C(N)=O)S(N)(=O)=O. The van der Waals surface area contributed by atoms with Gasteiger partial charge in [-0.15, -0.1) is 17.7 Å². The van der Waals surface area contributed by atoms with Gasteiger partial charge in [0, 0.05) is 48.1 Å². The van der Waals surface area contributed by atoms with E-state index in [4.69, 9.17) is 23.5 Å². The summed E-state index contributed by atoms with van der Waals surface area (Å²) >= 11 is 5.07. The molecule has 0 bridgehead atoms. The quantitative estimate of drug-likeness (QED) is 0.193. The highest BCUT2D eigenvalue weighted by Gasteiger charge is 2.39. The van der Waals surface area contributed by atoms with Gasteiger partial charge in [-0.1, -0.05) is 42.2 Å². The second-order valence-electron chi connectivity index (χ2n) is 10.1. The van der Waals surface area contributed by atoms with E-state index in [0.717, 1.165) is 32.2 Å². The molecule has 0 radical (unpaired) electrons. The van der Waals surface area contributed by atoms with Crippen molar-refractivity contribution in [2.75, 3.05) is 9.21 Å². The number of benzene rings is 2. The first-order valence-electron chi connectivity index (χ1n) is 13.4. The maximum atomic E-state index is 13.3. The minimum Gasteiger partial charge on any atom is -0.365 e. The molecule has 44 heavy (non-hydrogen) atoms. The molecule has 0 saturated heterocycles. The maximum Gasteiger partial charge on any atom is 0.300 e. The van der Waals surface area contributed by atoms with E-state index in [0.29, 0.717) is 5.70 Å². The van der Waals surface area contributed by atoms with Gasteiger partial charge in [0.05, 0.1) is 17.8 Å². The Morgan fingerprint density at radius 2 is 1.89 bits per heavy atom. The highest BCUT2D eigenvalue weighted by molar-refractivity contribution is 7.90. The first-order valence-corrected chi connectivity index (χ1v) is 15.4. The van der Waals surface area contributed by atoms with Crippen LogP contribution in [0.15, 0.2) is 85.1 Å². The molecular weight excluding hydrogens is 599 g/mol. The van der Waals surface area contributed by atoms with Crippen molar-refractivity contribution in [3.8, 4) is 11.8 Å². The largest absolute Gasteiger partial charge is 0.365 e. The smallest absolute Gasteiger partial charge is 0.300 e. The van der Waals surface area contributed by atoms with Gasteiger partial charge in [-0.25, -0.2) is 18.9 Å². The summed E-state index contributed by atoms with van der Waals surface area (Å²) in [5.74, 6) is 5.27. The van der Waals surface area contributed by atoms with Gasteiger partial charge in [-0.3, -0.25) is 9.48 Å². The number of thiol groups is 1. The number of carbonyl (C=O) groups excluding carboxylic acids is 1. The first kappa shape index (κ1) is 29.0. The number of rotatable bonds is 6. The van der Waals surface area contributed by atoms with Gasteiger partial charge >= 0.3 is 10.2 Å². The van der Waals surface area contributed by atoms with Gasteiger partial charge in [0.15, 0.2) is 11.5 Å². The topological polar surface area (TPSA) is 158 Å². The molecule has 4 N–H and O–H groups in total. The molecule has 5 aromatic rings. The molecule has 1 amide bonds. The Morgan fingerprint density at radius 3 is 2.57 bits per heavy atom. The Bertz CT molecular complexity index is 2110. The van der Waals surface area contributed by atoms with Crippen molar-refractivity contribution in [2.24, 2.45) is 17.9 Å². The molecule has 0 aliphatic carbocycles. The van der Waals surface area contributed by atoms with Crippen LogP contribution in [0.1, 0.15) is 44.9 Å². The Kier molecular flexibility index (Phi) is 7.38. The lowest BCUT2D eigenvalue weighted by Crippen LogP contribution is -2.49. The van der Waals surface area contributed by atoms with Crippen LogP contribution in [-0.2, 0) is 17.3 Å². The summed E-state index contributed by atoms with van der Waals surface area (Å²) in [6.07, 6.45) is 8.37. The highest BCUT2D eigenvalue weighted by atomic mass is 32.2. The van der Waals surface area contributed by atoms with Gasteiger partial charge in [0.2, 0.25) is 0 Å². The molecule has 222 valence electrons.